The average molecular weight is 233 g/mol. The second kappa shape index (κ2) is 4.73. The summed E-state index contributed by atoms with van der Waals surface area (Å²) < 4.78 is 0. The van der Waals surface area contributed by atoms with Crippen molar-refractivity contribution in [1.82, 2.24) is 4.90 Å². The molecular formula is C11H11N3O3. The Balaban J connectivity index is 2.13. The maximum absolute atomic E-state index is 11.4. The van der Waals surface area contributed by atoms with Crippen LogP contribution in [-0.2, 0) is 9.59 Å². The van der Waals surface area contributed by atoms with Crippen LogP contribution in [0, 0.1) is 4.91 Å². The zero-order chi connectivity index (χ0) is 12.3. The monoisotopic (exact) mass is 233 g/mol. The fraction of sp³-hybridized carbons (Fsp3) is 0.273. The summed E-state index contributed by atoms with van der Waals surface area (Å²) in [5.41, 5.74) is 0.551. The van der Waals surface area contributed by atoms with Crippen molar-refractivity contribution < 1.29 is 9.59 Å². The van der Waals surface area contributed by atoms with Gasteiger partial charge < -0.3 is 0 Å². The highest BCUT2D eigenvalue weighted by atomic mass is 16.3. The molecule has 6 heteroatoms. The normalized spacial score (nSPS) is 15.2. The van der Waals surface area contributed by atoms with Crippen LogP contribution in [0.15, 0.2) is 35.6 Å². The Morgan fingerprint density at radius 3 is 2.24 bits per heavy atom. The first-order valence-electron chi connectivity index (χ1n) is 5.21. The predicted octanol–water partition coefficient (Wildman–Crippen LogP) is 1.28. The molecule has 1 aromatic rings. The van der Waals surface area contributed by atoms with E-state index in [-0.39, 0.29) is 31.3 Å². The molecule has 0 atom stereocenters. The number of carbonyl (C=O) groups is 2. The number of para-hydroxylation sites is 1. The van der Waals surface area contributed by atoms with Gasteiger partial charge in [-0.15, -0.1) is 4.91 Å². The van der Waals surface area contributed by atoms with E-state index in [1.165, 1.54) is 0 Å². The van der Waals surface area contributed by atoms with E-state index < -0.39 is 0 Å². The molecule has 88 valence electrons. The Morgan fingerprint density at radius 2 is 1.71 bits per heavy atom. The van der Waals surface area contributed by atoms with E-state index in [9.17, 15) is 14.5 Å². The summed E-state index contributed by atoms with van der Waals surface area (Å²) in [5.74, 6) is -0.529. The summed E-state index contributed by atoms with van der Waals surface area (Å²) in [6.07, 6.45) is 0.417. The van der Waals surface area contributed by atoms with Gasteiger partial charge in [0.15, 0.2) is 0 Å². The molecule has 17 heavy (non-hydrogen) atoms. The quantitative estimate of drug-likeness (QED) is 0.446. The van der Waals surface area contributed by atoms with E-state index in [1.807, 2.05) is 0 Å². The van der Waals surface area contributed by atoms with Crippen molar-refractivity contribution in [3.8, 4) is 0 Å². The molecule has 1 heterocycles. The number of carbonyl (C=O) groups excluding carboxylic acids is 2. The molecule has 0 N–H and O–H groups in total. The zero-order valence-corrected chi connectivity index (χ0v) is 9.07. The number of anilines is 1. The molecule has 0 radical (unpaired) electrons. The summed E-state index contributed by atoms with van der Waals surface area (Å²) >= 11 is 0. The summed E-state index contributed by atoms with van der Waals surface area (Å²) in [4.78, 5) is 34.6. The molecule has 1 aliphatic rings. The van der Waals surface area contributed by atoms with Gasteiger partial charge in [-0.1, -0.05) is 18.2 Å². The fourth-order valence-electron chi connectivity index (χ4n) is 1.67. The van der Waals surface area contributed by atoms with Gasteiger partial charge in [0.05, 0.1) is 11.0 Å². The van der Waals surface area contributed by atoms with Gasteiger partial charge in [0.25, 0.3) is 0 Å². The van der Waals surface area contributed by atoms with Crippen molar-refractivity contribution in [2.24, 2.45) is 5.29 Å². The standard InChI is InChI=1S/C11H11N3O3/c15-10-6-7-11(16)13(10)8-14(12-17)9-4-2-1-3-5-9/h1-5H,6-8H2. The average Bonchev–Trinajstić information content (AvgIpc) is 2.68. The number of nitrogens with zero attached hydrogens (tertiary/aromatic N) is 3. The molecule has 1 saturated heterocycles. The van der Waals surface area contributed by atoms with Gasteiger partial charge in [-0.3, -0.25) is 14.5 Å². The second-order valence-corrected chi connectivity index (χ2v) is 3.67. The molecule has 1 aliphatic heterocycles. The molecule has 0 spiro atoms. The SMILES string of the molecule is O=NN(CN1C(=O)CCC1=O)c1ccccc1. The topological polar surface area (TPSA) is 70.1 Å². The summed E-state index contributed by atoms with van der Waals surface area (Å²) in [5, 5.41) is 3.91. The van der Waals surface area contributed by atoms with Crippen LogP contribution >= 0.6 is 0 Å². The molecule has 0 bridgehead atoms. The molecule has 2 amide bonds. The zero-order valence-electron chi connectivity index (χ0n) is 9.07. The number of amides is 2. The minimum absolute atomic E-state index is 0.120. The number of imide groups is 1. The molecule has 0 aliphatic carbocycles. The van der Waals surface area contributed by atoms with Crippen LogP contribution in [0.5, 0.6) is 0 Å². The van der Waals surface area contributed by atoms with Crippen molar-refractivity contribution in [3.05, 3.63) is 35.2 Å². The first-order chi connectivity index (χ1) is 8.22. The Kier molecular flexibility index (Phi) is 3.13. The summed E-state index contributed by atoms with van der Waals surface area (Å²) in [6.45, 7) is -0.120. The third-order valence-corrected chi connectivity index (χ3v) is 2.58. The van der Waals surface area contributed by atoms with Crippen LogP contribution in [0.3, 0.4) is 0 Å². The third kappa shape index (κ3) is 2.30. The highest BCUT2D eigenvalue weighted by Crippen LogP contribution is 2.17. The van der Waals surface area contributed by atoms with Crippen LogP contribution < -0.4 is 5.01 Å². The second-order valence-electron chi connectivity index (χ2n) is 3.67. The van der Waals surface area contributed by atoms with Gasteiger partial charge in [-0.05, 0) is 12.1 Å². The number of likely N-dealkylation sites (tertiary alicyclic amines) is 1. The number of nitroso groups, excluding NO2 is 1. The smallest absolute Gasteiger partial charge is 0.231 e. The first-order valence-corrected chi connectivity index (χ1v) is 5.21. The van der Waals surface area contributed by atoms with E-state index in [2.05, 4.69) is 5.29 Å². The van der Waals surface area contributed by atoms with Gasteiger partial charge in [0.1, 0.15) is 6.67 Å². The number of hydrogen-bond donors (Lipinski definition) is 0. The van der Waals surface area contributed by atoms with E-state index >= 15 is 0 Å². The van der Waals surface area contributed by atoms with Gasteiger partial charge in [0.2, 0.25) is 11.8 Å². The summed E-state index contributed by atoms with van der Waals surface area (Å²) in [6, 6.07) is 8.68. The predicted molar refractivity (Wildman–Crippen MR) is 60.7 cm³/mol. The lowest BCUT2D eigenvalue weighted by molar-refractivity contribution is -0.138. The van der Waals surface area contributed by atoms with Crippen LogP contribution in [0.25, 0.3) is 0 Å². The molecule has 6 nitrogen and oxygen atoms in total. The van der Waals surface area contributed by atoms with Gasteiger partial charge in [-0.25, -0.2) is 5.01 Å². The highest BCUT2D eigenvalue weighted by Gasteiger charge is 2.30. The van der Waals surface area contributed by atoms with Crippen molar-refractivity contribution in [1.29, 1.82) is 0 Å². The molecule has 0 saturated carbocycles. The minimum Gasteiger partial charge on any atom is -0.274 e. The van der Waals surface area contributed by atoms with Gasteiger partial charge in [-0.2, -0.15) is 0 Å². The Hall–Kier alpha value is -2.24. The van der Waals surface area contributed by atoms with Gasteiger partial charge in [0, 0.05) is 12.8 Å². The van der Waals surface area contributed by atoms with E-state index in [0.29, 0.717) is 5.69 Å². The molecule has 2 rings (SSSR count). The maximum Gasteiger partial charge on any atom is 0.231 e. The van der Waals surface area contributed by atoms with E-state index in [1.54, 1.807) is 30.3 Å². The highest BCUT2D eigenvalue weighted by molar-refractivity contribution is 6.02. The largest absolute Gasteiger partial charge is 0.274 e. The van der Waals surface area contributed by atoms with Crippen molar-refractivity contribution >= 4 is 17.5 Å². The van der Waals surface area contributed by atoms with Crippen LogP contribution in [0.1, 0.15) is 12.8 Å². The molecule has 1 fully saturated rings. The van der Waals surface area contributed by atoms with Crippen molar-refractivity contribution in [2.45, 2.75) is 12.8 Å². The Bertz CT molecular complexity index is 431. The fourth-order valence-corrected chi connectivity index (χ4v) is 1.67. The van der Waals surface area contributed by atoms with Crippen LogP contribution in [0.2, 0.25) is 0 Å². The van der Waals surface area contributed by atoms with E-state index in [4.69, 9.17) is 0 Å². The minimum atomic E-state index is -0.264. The lowest BCUT2D eigenvalue weighted by Crippen LogP contribution is -2.38. The Labute approximate surface area is 97.8 Å². The first kappa shape index (κ1) is 11.3. The Morgan fingerprint density at radius 1 is 1.12 bits per heavy atom. The third-order valence-electron chi connectivity index (χ3n) is 2.58. The van der Waals surface area contributed by atoms with Gasteiger partial charge >= 0.3 is 0 Å². The molecule has 1 aromatic carbocycles. The number of rotatable bonds is 4. The molecular weight excluding hydrogens is 222 g/mol. The molecule has 0 unspecified atom stereocenters. The van der Waals surface area contributed by atoms with Crippen LogP contribution in [-0.4, -0.2) is 23.4 Å². The lowest BCUT2D eigenvalue weighted by atomic mass is 10.3. The van der Waals surface area contributed by atoms with Crippen LogP contribution in [0.4, 0.5) is 5.69 Å². The number of benzene rings is 1. The van der Waals surface area contributed by atoms with E-state index in [0.717, 1.165) is 9.91 Å². The molecule has 0 aromatic heterocycles. The van der Waals surface area contributed by atoms with Crippen molar-refractivity contribution in [2.75, 3.05) is 11.7 Å². The number of hydrogen-bond acceptors (Lipinski definition) is 4. The lowest BCUT2D eigenvalue weighted by Gasteiger charge is -2.21. The summed E-state index contributed by atoms with van der Waals surface area (Å²) in [7, 11) is 0. The maximum atomic E-state index is 11.4. The van der Waals surface area contributed by atoms with Crippen molar-refractivity contribution in [3.63, 3.8) is 0 Å².